The van der Waals surface area contributed by atoms with Gasteiger partial charge in [0.25, 0.3) is 0 Å². The average Bonchev–Trinajstić information content (AvgIpc) is 2.43. The predicted molar refractivity (Wildman–Crippen MR) is 77.2 cm³/mol. The number of halogens is 4. The number of carbonyl (C=O) groups is 1. The monoisotopic (exact) mass is 331 g/mol. The van der Waals surface area contributed by atoms with Gasteiger partial charge in [0.1, 0.15) is 17.4 Å². The first-order valence-corrected chi connectivity index (χ1v) is 6.43. The number of ketones is 1. The van der Waals surface area contributed by atoms with Crippen LogP contribution in [0, 0.1) is 11.6 Å². The summed E-state index contributed by atoms with van der Waals surface area (Å²) in [4.78, 5) is 12.2. The molecule has 2 N–H and O–H groups in total. The Balaban J connectivity index is 2.55. The van der Waals surface area contributed by atoms with Crippen LogP contribution in [0.2, 0.25) is 10.0 Å². The van der Waals surface area contributed by atoms with Gasteiger partial charge in [-0.25, -0.2) is 8.78 Å². The Labute approximate surface area is 129 Å². The van der Waals surface area contributed by atoms with Crippen LogP contribution >= 0.6 is 23.2 Å². The highest BCUT2D eigenvalue weighted by Gasteiger charge is 2.22. The summed E-state index contributed by atoms with van der Waals surface area (Å²) >= 11 is 11.6. The van der Waals surface area contributed by atoms with Crippen LogP contribution in [0.1, 0.15) is 15.9 Å². The maximum absolute atomic E-state index is 13.9. The molecule has 110 valence electrons. The van der Waals surface area contributed by atoms with Crippen molar-refractivity contribution in [2.45, 2.75) is 0 Å². The van der Waals surface area contributed by atoms with Crippen LogP contribution in [-0.2, 0) is 0 Å². The lowest BCUT2D eigenvalue weighted by molar-refractivity contribution is 0.103. The van der Waals surface area contributed by atoms with Gasteiger partial charge in [-0.1, -0.05) is 23.2 Å². The van der Waals surface area contributed by atoms with E-state index in [1.807, 2.05) is 0 Å². The predicted octanol–water partition coefficient (Wildman–Crippen LogP) is 4.09. The number of nitrogen functional groups attached to an aromatic ring is 1. The SMILES string of the molecule is COc1cc(F)c(C(=O)c2cc(N)c(Cl)c(Cl)c2)c(F)c1. The van der Waals surface area contributed by atoms with Crippen molar-refractivity contribution in [3.8, 4) is 5.75 Å². The Morgan fingerprint density at radius 3 is 2.19 bits per heavy atom. The number of anilines is 1. The molecule has 0 saturated carbocycles. The van der Waals surface area contributed by atoms with Crippen molar-refractivity contribution < 1.29 is 18.3 Å². The lowest BCUT2D eigenvalue weighted by Crippen LogP contribution is -2.09. The van der Waals surface area contributed by atoms with Crippen molar-refractivity contribution in [1.82, 2.24) is 0 Å². The van der Waals surface area contributed by atoms with E-state index < -0.39 is 23.0 Å². The van der Waals surface area contributed by atoms with Crippen LogP contribution in [0.15, 0.2) is 24.3 Å². The van der Waals surface area contributed by atoms with Gasteiger partial charge in [-0.15, -0.1) is 0 Å². The third-order valence-electron chi connectivity index (χ3n) is 2.80. The third kappa shape index (κ3) is 2.94. The molecule has 2 rings (SSSR count). The van der Waals surface area contributed by atoms with Crippen molar-refractivity contribution in [2.24, 2.45) is 0 Å². The molecule has 7 heteroatoms. The Morgan fingerprint density at radius 1 is 1.14 bits per heavy atom. The molecule has 3 nitrogen and oxygen atoms in total. The zero-order valence-corrected chi connectivity index (χ0v) is 12.2. The Hall–Kier alpha value is -1.85. The molecular formula is C14H9Cl2F2NO2. The van der Waals surface area contributed by atoms with Crippen LogP contribution in [-0.4, -0.2) is 12.9 Å². The molecule has 21 heavy (non-hydrogen) atoms. The van der Waals surface area contributed by atoms with Gasteiger partial charge in [0, 0.05) is 17.7 Å². The molecule has 0 atom stereocenters. The van der Waals surface area contributed by atoms with E-state index in [2.05, 4.69) is 0 Å². The molecule has 0 aromatic heterocycles. The molecule has 2 aromatic carbocycles. The summed E-state index contributed by atoms with van der Waals surface area (Å²) < 4.78 is 32.5. The molecule has 0 aliphatic carbocycles. The molecule has 0 aliphatic rings. The minimum Gasteiger partial charge on any atom is -0.497 e. The van der Waals surface area contributed by atoms with E-state index in [9.17, 15) is 13.6 Å². The fraction of sp³-hybridized carbons (Fsp3) is 0.0714. The van der Waals surface area contributed by atoms with E-state index >= 15 is 0 Å². The fourth-order valence-corrected chi connectivity index (χ4v) is 2.11. The van der Waals surface area contributed by atoms with Crippen LogP contribution < -0.4 is 10.5 Å². The number of nitrogens with two attached hydrogens (primary N) is 1. The third-order valence-corrected chi connectivity index (χ3v) is 3.61. The van der Waals surface area contributed by atoms with Gasteiger partial charge >= 0.3 is 0 Å². The van der Waals surface area contributed by atoms with E-state index in [0.29, 0.717) is 0 Å². The summed E-state index contributed by atoms with van der Waals surface area (Å²) in [6, 6.07) is 4.24. The van der Waals surface area contributed by atoms with Gasteiger partial charge < -0.3 is 10.5 Å². The Kier molecular flexibility index (Phi) is 4.34. The number of carbonyl (C=O) groups excluding carboxylic acids is 1. The fourth-order valence-electron chi connectivity index (χ4n) is 1.77. The van der Waals surface area contributed by atoms with Gasteiger partial charge in [-0.05, 0) is 12.1 Å². The van der Waals surface area contributed by atoms with Crippen molar-refractivity contribution in [1.29, 1.82) is 0 Å². The zero-order valence-electron chi connectivity index (χ0n) is 10.7. The lowest BCUT2D eigenvalue weighted by atomic mass is 10.0. The van der Waals surface area contributed by atoms with Gasteiger partial charge in [0.05, 0.1) is 28.4 Å². The highest BCUT2D eigenvalue weighted by Crippen LogP contribution is 2.31. The lowest BCUT2D eigenvalue weighted by Gasteiger charge is -2.09. The van der Waals surface area contributed by atoms with E-state index in [0.717, 1.165) is 12.1 Å². The van der Waals surface area contributed by atoms with Crippen molar-refractivity contribution in [3.63, 3.8) is 0 Å². The molecule has 0 saturated heterocycles. The molecule has 0 heterocycles. The molecule has 0 radical (unpaired) electrons. The largest absolute Gasteiger partial charge is 0.497 e. The first-order valence-electron chi connectivity index (χ1n) is 5.67. The van der Waals surface area contributed by atoms with Crippen molar-refractivity contribution in [2.75, 3.05) is 12.8 Å². The average molecular weight is 332 g/mol. The van der Waals surface area contributed by atoms with E-state index in [4.69, 9.17) is 33.7 Å². The second-order valence-electron chi connectivity index (χ2n) is 4.16. The summed E-state index contributed by atoms with van der Waals surface area (Å²) in [5.74, 6) is -3.00. The quantitative estimate of drug-likeness (QED) is 0.680. The van der Waals surface area contributed by atoms with E-state index in [1.54, 1.807) is 0 Å². The molecule has 0 amide bonds. The van der Waals surface area contributed by atoms with E-state index in [1.165, 1.54) is 19.2 Å². The second-order valence-corrected chi connectivity index (χ2v) is 4.94. The molecule has 0 aliphatic heterocycles. The number of rotatable bonds is 3. The molecule has 0 spiro atoms. The normalized spacial score (nSPS) is 10.5. The Morgan fingerprint density at radius 2 is 1.71 bits per heavy atom. The number of methoxy groups -OCH3 is 1. The smallest absolute Gasteiger partial charge is 0.199 e. The molecule has 2 aromatic rings. The van der Waals surface area contributed by atoms with Gasteiger partial charge in [-0.2, -0.15) is 0 Å². The second kappa shape index (κ2) is 5.87. The van der Waals surface area contributed by atoms with Gasteiger partial charge in [0.15, 0.2) is 5.78 Å². The van der Waals surface area contributed by atoms with Gasteiger partial charge in [-0.3, -0.25) is 4.79 Å². The maximum Gasteiger partial charge on any atom is 0.199 e. The first kappa shape index (κ1) is 15.5. The molecule has 0 bridgehead atoms. The maximum atomic E-state index is 13.9. The van der Waals surface area contributed by atoms with Crippen molar-refractivity contribution in [3.05, 3.63) is 57.1 Å². The number of hydrogen-bond acceptors (Lipinski definition) is 3. The first-order chi connectivity index (χ1) is 9.85. The summed E-state index contributed by atoms with van der Waals surface area (Å²) in [6.45, 7) is 0. The Bertz CT molecular complexity index is 689. The standard InChI is InChI=1S/C14H9Cl2F2NO2/c1-21-7-4-9(17)12(10(18)5-7)14(20)6-2-8(15)13(16)11(19)3-6/h2-5H,19H2,1H3. The van der Waals surface area contributed by atoms with Crippen LogP contribution in [0.5, 0.6) is 5.75 Å². The molecule has 0 fully saturated rings. The summed E-state index contributed by atoms with van der Waals surface area (Å²) in [7, 11) is 1.26. The van der Waals surface area contributed by atoms with Crippen LogP contribution in [0.3, 0.4) is 0 Å². The highest BCUT2D eigenvalue weighted by molar-refractivity contribution is 6.44. The van der Waals surface area contributed by atoms with Crippen LogP contribution in [0.4, 0.5) is 14.5 Å². The van der Waals surface area contributed by atoms with Gasteiger partial charge in [0.2, 0.25) is 0 Å². The zero-order chi connectivity index (χ0) is 15.7. The van der Waals surface area contributed by atoms with Crippen LogP contribution in [0.25, 0.3) is 0 Å². The molecular weight excluding hydrogens is 323 g/mol. The number of benzene rings is 2. The van der Waals surface area contributed by atoms with E-state index in [-0.39, 0.29) is 27.0 Å². The molecule has 0 unspecified atom stereocenters. The summed E-state index contributed by atoms with van der Waals surface area (Å²) in [5.41, 5.74) is 4.85. The minimum absolute atomic E-state index is 0.0225. The summed E-state index contributed by atoms with van der Waals surface area (Å²) in [6.07, 6.45) is 0. The topological polar surface area (TPSA) is 52.3 Å². The number of ether oxygens (including phenoxy) is 1. The minimum atomic E-state index is -1.04. The van der Waals surface area contributed by atoms with Crippen molar-refractivity contribution >= 4 is 34.7 Å². The highest BCUT2D eigenvalue weighted by atomic mass is 35.5. The number of hydrogen-bond donors (Lipinski definition) is 1. The summed E-state index contributed by atoms with van der Waals surface area (Å²) in [5, 5.41) is 0.0956.